The van der Waals surface area contributed by atoms with Crippen molar-refractivity contribution in [2.24, 2.45) is 0 Å². The van der Waals surface area contributed by atoms with Crippen molar-refractivity contribution in [3.8, 4) is 0 Å². The van der Waals surface area contributed by atoms with Crippen molar-refractivity contribution in [1.29, 1.82) is 0 Å². The largest absolute Gasteiger partial charge is 0.481 e. The van der Waals surface area contributed by atoms with Gasteiger partial charge in [-0.2, -0.15) is 0 Å². The van der Waals surface area contributed by atoms with Crippen LogP contribution in [0.2, 0.25) is 0 Å². The number of aliphatic carboxylic acids is 1. The maximum atomic E-state index is 12.2. The number of rotatable bonds is 6. The van der Waals surface area contributed by atoms with Crippen LogP contribution in [0, 0.1) is 3.57 Å². The Balaban J connectivity index is 1.95. The van der Waals surface area contributed by atoms with Crippen LogP contribution in [-0.2, 0) is 11.2 Å². The van der Waals surface area contributed by atoms with Crippen LogP contribution in [0.5, 0.6) is 0 Å². The number of hydrogen-bond donors (Lipinski definition) is 2. The van der Waals surface area contributed by atoms with E-state index in [-0.39, 0.29) is 12.3 Å². The lowest BCUT2D eigenvalue weighted by molar-refractivity contribution is -0.137. The zero-order valence-electron chi connectivity index (χ0n) is 11.9. The third-order valence-electron chi connectivity index (χ3n) is 3.19. The van der Waals surface area contributed by atoms with Gasteiger partial charge in [0.05, 0.1) is 5.56 Å². The lowest BCUT2D eigenvalue weighted by atomic mass is 10.1. The van der Waals surface area contributed by atoms with Crippen LogP contribution in [0.15, 0.2) is 48.5 Å². The standard InChI is InChI=1S/C17H16INO3/c18-15-6-2-1-5-14(15)17(22)19-13-10-8-12(9-11-13)4-3-7-16(20)21/h1-2,5-6,8-11H,3-4,7H2,(H,19,22)(H,20,21). The Kier molecular flexibility index (Phi) is 5.94. The number of carbonyl (C=O) groups excluding carboxylic acids is 1. The Hall–Kier alpha value is -1.89. The fourth-order valence-corrected chi connectivity index (χ4v) is 2.67. The molecule has 0 aliphatic rings. The smallest absolute Gasteiger partial charge is 0.303 e. The molecule has 2 N–H and O–H groups in total. The van der Waals surface area contributed by atoms with Gasteiger partial charge in [0.25, 0.3) is 5.91 Å². The zero-order valence-corrected chi connectivity index (χ0v) is 14.0. The molecular weight excluding hydrogens is 393 g/mol. The van der Waals surface area contributed by atoms with Crippen LogP contribution in [-0.4, -0.2) is 17.0 Å². The van der Waals surface area contributed by atoms with E-state index in [4.69, 9.17) is 5.11 Å². The van der Waals surface area contributed by atoms with Crippen LogP contribution >= 0.6 is 22.6 Å². The van der Waals surface area contributed by atoms with Crippen molar-refractivity contribution < 1.29 is 14.7 Å². The average Bonchev–Trinajstić information content (AvgIpc) is 2.49. The molecule has 0 atom stereocenters. The molecule has 4 nitrogen and oxygen atoms in total. The van der Waals surface area contributed by atoms with E-state index < -0.39 is 5.97 Å². The topological polar surface area (TPSA) is 66.4 Å². The maximum absolute atomic E-state index is 12.2. The SMILES string of the molecule is O=C(O)CCCc1ccc(NC(=O)c2ccccc2I)cc1. The minimum absolute atomic E-state index is 0.136. The maximum Gasteiger partial charge on any atom is 0.303 e. The first-order valence-electron chi connectivity index (χ1n) is 6.93. The first-order valence-corrected chi connectivity index (χ1v) is 8.01. The molecular formula is C17H16INO3. The van der Waals surface area contributed by atoms with Gasteiger partial charge in [0.15, 0.2) is 0 Å². The van der Waals surface area contributed by atoms with Gasteiger partial charge >= 0.3 is 5.97 Å². The summed E-state index contributed by atoms with van der Waals surface area (Å²) in [6.45, 7) is 0. The van der Waals surface area contributed by atoms with Crippen LogP contribution in [0.4, 0.5) is 5.69 Å². The Bertz CT molecular complexity index is 668. The van der Waals surface area contributed by atoms with E-state index >= 15 is 0 Å². The van der Waals surface area contributed by atoms with Crippen molar-refractivity contribution in [1.82, 2.24) is 0 Å². The minimum atomic E-state index is -0.777. The normalized spacial score (nSPS) is 10.2. The molecule has 0 unspecified atom stereocenters. The number of nitrogens with one attached hydrogen (secondary N) is 1. The van der Waals surface area contributed by atoms with Crippen molar-refractivity contribution in [2.45, 2.75) is 19.3 Å². The third-order valence-corrected chi connectivity index (χ3v) is 4.13. The highest BCUT2D eigenvalue weighted by Crippen LogP contribution is 2.16. The van der Waals surface area contributed by atoms with Crippen molar-refractivity contribution in [3.63, 3.8) is 0 Å². The van der Waals surface area contributed by atoms with E-state index in [2.05, 4.69) is 27.9 Å². The van der Waals surface area contributed by atoms with Gasteiger partial charge < -0.3 is 10.4 Å². The molecule has 0 spiro atoms. The fourth-order valence-electron chi connectivity index (χ4n) is 2.04. The average molecular weight is 409 g/mol. The van der Waals surface area contributed by atoms with E-state index in [1.807, 2.05) is 42.5 Å². The highest BCUT2D eigenvalue weighted by molar-refractivity contribution is 14.1. The molecule has 22 heavy (non-hydrogen) atoms. The van der Waals surface area contributed by atoms with Gasteiger partial charge in [-0.05, 0) is 65.3 Å². The molecule has 0 fully saturated rings. The predicted octanol–water partition coefficient (Wildman–Crippen LogP) is 3.95. The summed E-state index contributed by atoms with van der Waals surface area (Å²) < 4.78 is 0.905. The second-order valence-electron chi connectivity index (χ2n) is 4.88. The van der Waals surface area contributed by atoms with Crippen molar-refractivity contribution >= 4 is 40.2 Å². The molecule has 0 saturated carbocycles. The molecule has 1 amide bonds. The molecule has 2 rings (SSSR count). The summed E-state index contributed by atoms with van der Waals surface area (Å²) in [6.07, 6.45) is 1.51. The first kappa shape index (κ1) is 16.5. The summed E-state index contributed by atoms with van der Waals surface area (Å²) >= 11 is 2.14. The lowest BCUT2D eigenvalue weighted by Crippen LogP contribution is -2.13. The van der Waals surface area contributed by atoms with Crippen molar-refractivity contribution in [2.75, 3.05) is 5.32 Å². The molecule has 0 aromatic heterocycles. The number of aryl methyl sites for hydroxylation is 1. The second kappa shape index (κ2) is 7.93. The summed E-state index contributed by atoms with van der Waals surface area (Å²) in [4.78, 5) is 22.7. The fraction of sp³-hybridized carbons (Fsp3) is 0.176. The molecule has 5 heteroatoms. The highest BCUT2D eigenvalue weighted by Gasteiger charge is 2.09. The van der Waals surface area contributed by atoms with Gasteiger partial charge in [-0.25, -0.2) is 0 Å². The molecule has 0 aliphatic carbocycles. The van der Waals surface area contributed by atoms with Gasteiger partial charge in [-0.15, -0.1) is 0 Å². The molecule has 0 saturated heterocycles. The number of carboxylic acids is 1. The van der Waals surface area contributed by atoms with E-state index in [0.717, 1.165) is 21.2 Å². The number of amides is 1. The molecule has 114 valence electrons. The van der Waals surface area contributed by atoms with E-state index in [0.29, 0.717) is 12.0 Å². The summed E-state index contributed by atoms with van der Waals surface area (Å²) in [7, 11) is 0. The molecule has 0 heterocycles. The van der Waals surface area contributed by atoms with Crippen LogP contribution in [0.3, 0.4) is 0 Å². The summed E-state index contributed by atoms with van der Waals surface area (Å²) in [5, 5.41) is 11.5. The Morgan fingerprint density at radius 3 is 2.36 bits per heavy atom. The number of carboxylic acid groups (broad SMARTS) is 1. The van der Waals surface area contributed by atoms with E-state index in [1.54, 1.807) is 6.07 Å². The Morgan fingerprint density at radius 1 is 1.05 bits per heavy atom. The first-order chi connectivity index (χ1) is 10.6. The van der Waals surface area contributed by atoms with Crippen molar-refractivity contribution in [3.05, 3.63) is 63.2 Å². The predicted molar refractivity (Wildman–Crippen MR) is 94.1 cm³/mol. The summed E-state index contributed by atoms with van der Waals surface area (Å²) in [6, 6.07) is 14.9. The minimum Gasteiger partial charge on any atom is -0.481 e. The lowest BCUT2D eigenvalue weighted by Gasteiger charge is -2.08. The molecule has 2 aromatic rings. The monoisotopic (exact) mass is 409 g/mol. The Labute approximate surface area is 142 Å². The van der Waals surface area contributed by atoms with Gasteiger partial charge in [0, 0.05) is 15.7 Å². The van der Waals surface area contributed by atoms with E-state index in [1.165, 1.54) is 0 Å². The summed E-state index contributed by atoms with van der Waals surface area (Å²) in [5.74, 6) is -0.912. The van der Waals surface area contributed by atoms with Crippen LogP contribution in [0.1, 0.15) is 28.8 Å². The molecule has 2 aromatic carbocycles. The molecule has 0 radical (unpaired) electrons. The quantitative estimate of drug-likeness (QED) is 0.711. The summed E-state index contributed by atoms with van der Waals surface area (Å²) in [5.41, 5.74) is 2.44. The third kappa shape index (κ3) is 4.84. The molecule has 0 bridgehead atoms. The highest BCUT2D eigenvalue weighted by atomic mass is 127. The number of benzene rings is 2. The van der Waals surface area contributed by atoms with Crippen LogP contribution < -0.4 is 5.32 Å². The Morgan fingerprint density at radius 2 is 1.73 bits per heavy atom. The molecule has 0 aliphatic heterocycles. The second-order valence-corrected chi connectivity index (χ2v) is 6.04. The van der Waals surface area contributed by atoms with E-state index in [9.17, 15) is 9.59 Å². The number of anilines is 1. The zero-order chi connectivity index (χ0) is 15.9. The number of carbonyl (C=O) groups is 2. The van der Waals surface area contributed by atoms with Gasteiger partial charge in [-0.3, -0.25) is 9.59 Å². The van der Waals surface area contributed by atoms with Gasteiger partial charge in [0.2, 0.25) is 0 Å². The number of hydrogen-bond acceptors (Lipinski definition) is 2. The van der Waals surface area contributed by atoms with Gasteiger partial charge in [-0.1, -0.05) is 24.3 Å². The number of halogens is 1. The van der Waals surface area contributed by atoms with Crippen LogP contribution in [0.25, 0.3) is 0 Å². The van der Waals surface area contributed by atoms with Gasteiger partial charge in [0.1, 0.15) is 0 Å².